The van der Waals surface area contributed by atoms with Gasteiger partial charge in [0.15, 0.2) is 0 Å². The van der Waals surface area contributed by atoms with Crippen LogP contribution < -0.4 is 15.4 Å². The number of hydrogen-bond acceptors (Lipinski definition) is 3. The molecule has 0 unspecified atom stereocenters. The second-order valence-electron chi connectivity index (χ2n) is 4.96. The van der Waals surface area contributed by atoms with Crippen LogP contribution in [0.15, 0.2) is 24.3 Å². The summed E-state index contributed by atoms with van der Waals surface area (Å²) in [4.78, 5) is 21.9. The number of unbranched alkanes of at least 4 members (excludes halogenated alkanes) is 1. The van der Waals surface area contributed by atoms with E-state index >= 15 is 0 Å². The number of rotatable bonds is 10. The van der Waals surface area contributed by atoms with Gasteiger partial charge >= 0.3 is 12.0 Å². The van der Waals surface area contributed by atoms with Gasteiger partial charge in [0.05, 0.1) is 6.61 Å². The third kappa shape index (κ3) is 8.14. The Bertz CT molecular complexity index is 477. The first-order valence-electron chi connectivity index (χ1n) is 7.57. The first-order chi connectivity index (χ1) is 10.6. The number of amides is 2. The molecule has 0 radical (unpaired) electrons. The number of hydrogen-bond donors (Lipinski definition) is 3. The molecule has 0 aliphatic heterocycles. The van der Waals surface area contributed by atoms with Crippen LogP contribution >= 0.6 is 0 Å². The van der Waals surface area contributed by atoms with E-state index in [1.54, 1.807) is 0 Å². The number of benzene rings is 1. The third-order valence-electron chi connectivity index (χ3n) is 2.97. The molecule has 0 atom stereocenters. The number of carboxylic acids is 1. The Morgan fingerprint density at radius 2 is 2.05 bits per heavy atom. The number of carboxylic acid groups (broad SMARTS) is 1. The lowest BCUT2D eigenvalue weighted by Crippen LogP contribution is -2.35. The first-order valence-corrected chi connectivity index (χ1v) is 7.57. The van der Waals surface area contributed by atoms with Gasteiger partial charge in [-0.25, -0.2) is 4.79 Å². The normalized spacial score (nSPS) is 10.0. The molecule has 0 spiro atoms. The smallest absolute Gasteiger partial charge is 0.315 e. The molecule has 0 fully saturated rings. The molecule has 6 heteroatoms. The summed E-state index contributed by atoms with van der Waals surface area (Å²) in [5.74, 6) is -0.0586. The van der Waals surface area contributed by atoms with Gasteiger partial charge in [-0.05, 0) is 30.5 Å². The highest BCUT2D eigenvalue weighted by Gasteiger charge is 2.02. The van der Waals surface area contributed by atoms with Gasteiger partial charge in [-0.15, -0.1) is 0 Å². The summed E-state index contributed by atoms with van der Waals surface area (Å²) in [6.07, 6.45) is 2.57. The van der Waals surface area contributed by atoms with Crippen LogP contribution in [0.4, 0.5) is 4.79 Å². The number of aliphatic carboxylic acids is 1. The van der Waals surface area contributed by atoms with Crippen molar-refractivity contribution in [3.63, 3.8) is 0 Å². The largest absolute Gasteiger partial charge is 0.494 e. The van der Waals surface area contributed by atoms with Gasteiger partial charge in [-0.2, -0.15) is 0 Å². The minimum Gasteiger partial charge on any atom is -0.494 e. The molecule has 2 amide bonds. The Morgan fingerprint density at radius 3 is 2.77 bits per heavy atom. The fourth-order valence-corrected chi connectivity index (χ4v) is 1.77. The molecule has 3 N–H and O–H groups in total. The van der Waals surface area contributed by atoms with E-state index in [9.17, 15) is 9.59 Å². The van der Waals surface area contributed by atoms with E-state index in [1.165, 1.54) is 0 Å². The molecule has 0 saturated carbocycles. The highest BCUT2D eigenvalue weighted by atomic mass is 16.5. The average Bonchev–Trinajstić information content (AvgIpc) is 2.50. The molecule has 122 valence electrons. The lowest BCUT2D eigenvalue weighted by Gasteiger charge is -2.09. The molecule has 1 aromatic rings. The summed E-state index contributed by atoms with van der Waals surface area (Å²) < 4.78 is 5.61. The molecule has 1 aromatic carbocycles. The molecule has 1 rings (SSSR count). The van der Waals surface area contributed by atoms with Gasteiger partial charge in [0.25, 0.3) is 0 Å². The fourth-order valence-electron chi connectivity index (χ4n) is 1.77. The first kappa shape index (κ1) is 17.8. The SMILES string of the molecule is CCCCOc1cccc(CNC(=O)NCCCC(=O)O)c1. The Kier molecular flexibility index (Phi) is 8.49. The van der Waals surface area contributed by atoms with Gasteiger partial charge in [-0.1, -0.05) is 25.5 Å². The van der Waals surface area contributed by atoms with Crippen molar-refractivity contribution in [1.29, 1.82) is 0 Å². The lowest BCUT2D eigenvalue weighted by atomic mass is 10.2. The maximum Gasteiger partial charge on any atom is 0.315 e. The van der Waals surface area contributed by atoms with Crippen molar-refractivity contribution in [2.24, 2.45) is 0 Å². The summed E-state index contributed by atoms with van der Waals surface area (Å²) in [6, 6.07) is 7.30. The maximum absolute atomic E-state index is 11.6. The van der Waals surface area contributed by atoms with E-state index < -0.39 is 5.97 Å². The summed E-state index contributed by atoms with van der Waals surface area (Å²) in [5.41, 5.74) is 0.953. The second kappa shape index (κ2) is 10.5. The van der Waals surface area contributed by atoms with Crippen molar-refractivity contribution >= 4 is 12.0 Å². The highest BCUT2D eigenvalue weighted by Crippen LogP contribution is 2.13. The predicted molar refractivity (Wildman–Crippen MR) is 84.0 cm³/mol. The maximum atomic E-state index is 11.6. The van der Waals surface area contributed by atoms with E-state index in [-0.39, 0.29) is 12.5 Å². The van der Waals surface area contributed by atoms with Gasteiger partial charge in [0, 0.05) is 19.5 Å². The van der Waals surface area contributed by atoms with Crippen molar-refractivity contribution in [3.8, 4) is 5.75 Å². The predicted octanol–water partition coefficient (Wildman–Crippen LogP) is 2.53. The van der Waals surface area contributed by atoms with E-state index in [2.05, 4.69) is 17.6 Å². The average molecular weight is 308 g/mol. The monoisotopic (exact) mass is 308 g/mol. The van der Waals surface area contributed by atoms with Crippen LogP contribution in [0, 0.1) is 0 Å². The van der Waals surface area contributed by atoms with Crippen molar-refractivity contribution < 1.29 is 19.4 Å². The van der Waals surface area contributed by atoms with Crippen molar-refractivity contribution in [2.45, 2.75) is 39.2 Å². The third-order valence-corrected chi connectivity index (χ3v) is 2.97. The number of carbonyl (C=O) groups is 2. The number of urea groups is 1. The van der Waals surface area contributed by atoms with Gasteiger partial charge in [0.2, 0.25) is 0 Å². The van der Waals surface area contributed by atoms with E-state index in [1.807, 2.05) is 24.3 Å². The van der Waals surface area contributed by atoms with Crippen LogP contribution in [0.2, 0.25) is 0 Å². The Balaban J connectivity index is 2.27. The zero-order chi connectivity index (χ0) is 16.2. The van der Waals surface area contributed by atoms with Crippen LogP contribution in [0.5, 0.6) is 5.75 Å². The minimum atomic E-state index is -0.859. The molecule has 6 nitrogen and oxygen atoms in total. The highest BCUT2D eigenvalue weighted by molar-refractivity contribution is 5.73. The number of carbonyl (C=O) groups excluding carboxylic acids is 1. The molecule has 0 aliphatic rings. The second-order valence-corrected chi connectivity index (χ2v) is 4.96. The number of ether oxygens (including phenoxy) is 1. The van der Waals surface area contributed by atoms with Crippen molar-refractivity contribution in [1.82, 2.24) is 10.6 Å². The van der Waals surface area contributed by atoms with Crippen molar-refractivity contribution in [3.05, 3.63) is 29.8 Å². The van der Waals surface area contributed by atoms with Gasteiger partial charge in [0.1, 0.15) is 5.75 Å². The summed E-state index contributed by atoms with van der Waals surface area (Å²) in [6.45, 7) is 3.55. The zero-order valence-electron chi connectivity index (χ0n) is 12.9. The van der Waals surface area contributed by atoms with Crippen molar-refractivity contribution in [2.75, 3.05) is 13.2 Å². The van der Waals surface area contributed by atoms with Crippen LogP contribution in [0.3, 0.4) is 0 Å². The quantitative estimate of drug-likeness (QED) is 0.580. The fraction of sp³-hybridized carbons (Fsp3) is 0.500. The van der Waals surface area contributed by atoms with E-state index in [4.69, 9.17) is 9.84 Å². The lowest BCUT2D eigenvalue weighted by molar-refractivity contribution is -0.137. The topological polar surface area (TPSA) is 87.7 Å². The van der Waals surface area contributed by atoms with Gasteiger partial charge < -0.3 is 20.5 Å². The Morgan fingerprint density at radius 1 is 1.23 bits per heavy atom. The van der Waals surface area contributed by atoms with Crippen LogP contribution in [0.1, 0.15) is 38.2 Å². The molecule has 0 bridgehead atoms. The Labute approximate surface area is 130 Å². The zero-order valence-corrected chi connectivity index (χ0v) is 12.9. The van der Waals surface area contributed by atoms with Crippen LogP contribution in [-0.4, -0.2) is 30.3 Å². The summed E-state index contributed by atoms with van der Waals surface area (Å²) in [5, 5.41) is 13.8. The molecule has 0 heterocycles. The summed E-state index contributed by atoms with van der Waals surface area (Å²) in [7, 11) is 0. The molecular weight excluding hydrogens is 284 g/mol. The van der Waals surface area contributed by atoms with Crippen LogP contribution in [-0.2, 0) is 11.3 Å². The molecule has 0 aromatic heterocycles. The Hall–Kier alpha value is -2.24. The summed E-state index contributed by atoms with van der Waals surface area (Å²) >= 11 is 0. The van der Waals surface area contributed by atoms with E-state index in [0.717, 1.165) is 24.2 Å². The molecule has 22 heavy (non-hydrogen) atoms. The number of nitrogens with one attached hydrogen (secondary N) is 2. The standard InChI is InChI=1S/C16H24N2O4/c1-2-3-10-22-14-7-4-6-13(11-14)12-18-16(21)17-9-5-8-15(19)20/h4,6-7,11H,2-3,5,8-10,12H2,1H3,(H,19,20)(H2,17,18,21). The molecule has 0 aliphatic carbocycles. The van der Waals surface area contributed by atoms with Crippen LogP contribution in [0.25, 0.3) is 0 Å². The van der Waals surface area contributed by atoms with Gasteiger partial charge in [-0.3, -0.25) is 4.79 Å². The molecule has 0 saturated heterocycles. The minimum absolute atomic E-state index is 0.0530. The molecular formula is C16H24N2O4. The van der Waals surface area contributed by atoms with E-state index in [0.29, 0.717) is 26.1 Å².